The lowest BCUT2D eigenvalue weighted by atomic mass is 9.88. The number of rotatable bonds is 4. The topological polar surface area (TPSA) is 55.6 Å². The van der Waals surface area contributed by atoms with Crippen LogP contribution in [0.15, 0.2) is 24.3 Å². The van der Waals surface area contributed by atoms with E-state index in [4.69, 9.17) is 10.5 Å². The lowest BCUT2D eigenvalue weighted by Gasteiger charge is -2.36. The summed E-state index contributed by atoms with van der Waals surface area (Å²) in [5.74, 6) is 1.40. The maximum absolute atomic E-state index is 11.9. The van der Waals surface area contributed by atoms with Gasteiger partial charge in [-0.25, -0.2) is 0 Å². The summed E-state index contributed by atoms with van der Waals surface area (Å²) in [5, 5.41) is 0. The van der Waals surface area contributed by atoms with Crippen molar-refractivity contribution in [2.24, 2.45) is 5.73 Å². The van der Waals surface area contributed by atoms with E-state index in [9.17, 15) is 4.79 Å². The molecule has 0 bridgehead atoms. The van der Waals surface area contributed by atoms with E-state index in [1.807, 2.05) is 30.9 Å². The SMILES string of the molecule is CCOc1ccc(C2CC(N)CN(C(=O)CC)C2)cc1. The number of likely N-dealkylation sites (tertiary alicyclic amines) is 1. The van der Waals surface area contributed by atoms with Crippen LogP contribution in [0.4, 0.5) is 0 Å². The molecular formula is C16H24N2O2. The number of benzene rings is 1. The molecule has 1 aromatic rings. The summed E-state index contributed by atoms with van der Waals surface area (Å²) < 4.78 is 5.46. The van der Waals surface area contributed by atoms with Gasteiger partial charge in [0, 0.05) is 31.5 Å². The van der Waals surface area contributed by atoms with E-state index in [2.05, 4.69) is 12.1 Å². The number of amides is 1. The quantitative estimate of drug-likeness (QED) is 0.916. The van der Waals surface area contributed by atoms with Crippen LogP contribution in [0.1, 0.15) is 38.2 Å². The molecule has 1 aliphatic heterocycles. The highest BCUT2D eigenvalue weighted by Gasteiger charge is 2.28. The van der Waals surface area contributed by atoms with E-state index < -0.39 is 0 Å². The number of hydrogen-bond donors (Lipinski definition) is 1. The molecule has 0 aliphatic carbocycles. The molecule has 110 valence electrons. The van der Waals surface area contributed by atoms with E-state index in [0.717, 1.165) is 18.7 Å². The fourth-order valence-corrected chi connectivity index (χ4v) is 2.81. The van der Waals surface area contributed by atoms with Crippen LogP contribution in [0.3, 0.4) is 0 Å². The van der Waals surface area contributed by atoms with Crippen molar-refractivity contribution in [3.05, 3.63) is 29.8 Å². The normalized spacial score (nSPS) is 22.6. The molecule has 4 heteroatoms. The average molecular weight is 276 g/mol. The minimum absolute atomic E-state index is 0.0656. The van der Waals surface area contributed by atoms with Gasteiger partial charge in [-0.05, 0) is 31.0 Å². The highest BCUT2D eigenvalue weighted by Crippen LogP contribution is 2.28. The molecule has 1 amide bonds. The Morgan fingerprint density at radius 3 is 2.60 bits per heavy atom. The first-order valence-corrected chi connectivity index (χ1v) is 7.40. The second kappa shape index (κ2) is 6.75. The fourth-order valence-electron chi connectivity index (χ4n) is 2.81. The largest absolute Gasteiger partial charge is 0.494 e. The van der Waals surface area contributed by atoms with E-state index in [1.54, 1.807) is 0 Å². The predicted octanol–water partition coefficient (Wildman–Crippen LogP) is 2.14. The molecule has 1 saturated heterocycles. The second-order valence-electron chi connectivity index (χ2n) is 5.35. The first-order chi connectivity index (χ1) is 9.63. The number of carbonyl (C=O) groups is 1. The summed E-state index contributed by atoms with van der Waals surface area (Å²) in [4.78, 5) is 13.8. The molecule has 4 nitrogen and oxygen atoms in total. The van der Waals surface area contributed by atoms with Gasteiger partial charge in [0.2, 0.25) is 5.91 Å². The number of piperidine rings is 1. The minimum Gasteiger partial charge on any atom is -0.494 e. The minimum atomic E-state index is 0.0656. The number of carbonyl (C=O) groups excluding carboxylic acids is 1. The summed E-state index contributed by atoms with van der Waals surface area (Å²) in [6, 6.07) is 8.22. The maximum Gasteiger partial charge on any atom is 0.222 e. The maximum atomic E-state index is 11.9. The molecule has 1 aliphatic rings. The standard InChI is InChI=1S/C16H24N2O2/c1-3-16(19)18-10-13(9-14(17)11-18)12-5-7-15(8-6-12)20-4-2/h5-8,13-14H,3-4,9-11,17H2,1-2H3. The van der Waals surface area contributed by atoms with Crippen molar-refractivity contribution >= 4 is 5.91 Å². The molecule has 2 atom stereocenters. The van der Waals surface area contributed by atoms with Gasteiger partial charge in [0.25, 0.3) is 0 Å². The molecule has 2 unspecified atom stereocenters. The van der Waals surface area contributed by atoms with Gasteiger partial charge >= 0.3 is 0 Å². The lowest BCUT2D eigenvalue weighted by molar-refractivity contribution is -0.132. The fraction of sp³-hybridized carbons (Fsp3) is 0.562. The molecule has 0 spiro atoms. The smallest absolute Gasteiger partial charge is 0.222 e. The Morgan fingerprint density at radius 2 is 2.00 bits per heavy atom. The zero-order chi connectivity index (χ0) is 14.5. The molecule has 1 heterocycles. The Bertz CT molecular complexity index is 444. The molecule has 0 aromatic heterocycles. The Balaban J connectivity index is 2.08. The van der Waals surface area contributed by atoms with Crippen molar-refractivity contribution in [2.75, 3.05) is 19.7 Å². The zero-order valence-corrected chi connectivity index (χ0v) is 12.3. The van der Waals surface area contributed by atoms with Crippen molar-refractivity contribution in [3.63, 3.8) is 0 Å². The van der Waals surface area contributed by atoms with Crippen LogP contribution in [0.2, 0.25) is 0 Å². The van der Waals surface area contributed by atoms with Crippen molar-refractivity contribution in [2.45, 2.75) is 38.6 Å². The molecule has 2 rings (SSSR count). The number of hydrogen-bond acceptors (Lipinski definition) is 3. The van der Waals surface area contributed by atoms with Crippen LogP contribution in [0, 0.1) is 0 Å². The van der Waals surface area contributed by atoms with Gasteiger partial charge in [-0.2, -0.15) is 0 Å². The van der Waals surface area contributed by atoms with E-state index in [1.165, 1.54) is 5.56 Å². The van der Waals surface area contributed by atoms with Crippen molar-refractivity contribution in [1.29, 1.82) is 0 Å². The van der Waals surface area contributed by atoms with Gasteiger partial charge in [-0.1, -0.05) is 19.1 Å². The molecule has 0 saturated carbocycles. The third-order valence-electron chi connectivity index (χ3n) is 3.80. The monoisotopic (exact) mass is 276 g/mol. The second-order valence-corrected chi connectivity index (χ2v) is 5.35. The molecular weight excluding hydrogens is 252 g/mol. The average Bonchev–Trinajstić information content (AvgIpc) is 2.47. The summed E-state index contributed by atoms with van der Waals surface area (Å²) in [6.45, 7) is 6.00. The summed E-state index contributed by atoms with van der Waals surface area (Å²) >= 11 is 0. The summed E-state index contributed by atoms with van der Waals surface area (Å²) in [7, 11) is 0. The van der Waals surface area contributed by atoms with Gasteiger partial charge in [-0.3, -0.25) is 4.79 Å². The molecule has 1 fully saturated rings. The Labute approximate surface area is 120 Å². The first-order valence-electron chi connectivity index (χ1n) is 7.40. The van der Waals surface area contributed by atoms with Crippen molar-refractivity contribution < 1.29 is 9.53 Å². The summed E-state index contributed by atoms with van der Waals surface area (Å²) in [5.41, 5.74) is 7.34. The Hall–Kier alpha value is -1.55. The molecule has 0 radical (unpaired) electrons. The molecule has 20 heavy (non-hydrogen) atoms. The van der Waals surface area contributed by atoms with Gasteiger partial charge in [0.1, 0.15) is 5.75 Å². The van der Waals surface area contributed by atoms with Crippen LogP contribution >= 0.6 is 0 Å². The third-order valence-corrected chi connectivity index (χ3v) is 3.80. The Morgan fingerprint density at radius 1 is 1.30 bits per heavy atom. The number of nitrogens with zero attached hydrogens (tertiary/aromatic N) is 1. The molecule has 1 aromatic carbocycles. The number of ether oxygens (including phenoxy) is 1. The Kier molecular flexibility index (Phi) is 5.01. The van der Waals surface area contributed by atoms with Crippen LogP contribution in [-0.4, -0.2) is 36.5 Å². The third kappa shape index (κ3) is 3.51. The number of nitrogens with two attached hydrogens (primary N) is 1. The van der Waals surface area contributed by atoms with Gasteiger partial charge in [-0.15, -0.1) is 0 Å². The van der Waals surface area contributed by atoms with Crippen LogP contribution < -0.4 is 10.5 Å². The first kappa shape index (κ1) is 14.9. The lowest BCUT2D eigenvalue weighted by Crippen LogP contribution is -2.48. The zero-order valence-electron chi connectivity index (χ0n) is 12.3. The summed E-state index contributed by atoms with van der Waals surface area (Å²) in [6.07, 6.45) is 1.48. The van der Waals surface area contributed by atoms with Gasteiger partial charge in [0.15, 0.2) is 0 Å². The highest BCUT2D eigenvalue weighted by atomic mass is 16.5. The van der Waals surface area contributed by atoms with Crippen LogP contribution in [0.25, 0.3) is 0 Å². The van der Waals surface area contributed by atoms with E-state index in [0.29, 0.717) is 25.5 Å². The van der Waals surface area contributed by atoms with Crippen LogP contribution in [0.5, 0.6) is 5.75 Å². The van der Waals surface area contributed by atoms with Gasteiger partial charge < -0.3 is 15.4 Å². The van der Waals surface area contributed by atoms with E-state index in [-0.39, 0.29) is 11.9 Å². The molecule has 2 N–H and O–H groups in total. The highest BCUT2D eigenvalue weighted by molar-refractivity contribution is 5.76. The van der Waals surface area contributed by atoms with E-state index >= 15 is 0 Å². The van der Waals surface area contributed by atoms with Crippen molar-refractivity contribution in [3.8, 4) is 5.75 Å². The van der Waals surface area contributed by atoms with Gasteiger partial charge in [0.05, 0.1) is 6.61 Å². The predicted molar refractivity (Wildman–Crippen MR) is 79.8 cm³/mol. The van der Waals surface area contributed by atoms with Crippen LogP contribution in [-0.2, 0) is 4.79 Å². The van der Waals surface area contributed by atoms with Crippen molar-refractivity contribution in [1.82, 2.24) is 4.90 Å².